The maximum absolute atomic E-state index is 7.07. The number of fused-ring (bicyclic) bond motifs is 12. The summed E-state index contributed by atoms with van der Waals surface area (Å²) >= 11 is 1.87. The molecule has 9 aromatic rings. The minimum Gasteiger partial charge on any atom is -0.454 e. The van der Waals surface area contributed by atoms with Crippen LogP contribution < -0.4 is 20.6 Å². The molecule has 4 aliphatic rings. The van der Waals surface area contributed by atoms with Gasteiger partial charge in [0.2, 0.25) is 0 Å². The highest BCUT2D eigenvalue weighted by Gasteiger charge is 2.50. The molecule has 0 saturated carbocycles. The van der Waals surface area contributed by atoms with Gasteiger partial charge in [0.25, 0.3) is 0 Å². The van der Waals surface area contributed by atoms with Crippen LogP contribution in [0.15, 0.2) is 178 Å². The molecule has 0 atom stereocenters. The van der Waals surface area contributed by atoms with E-state index in [1.54, 1.807) is 0 Å². The average Bonchev–Trinajstić information content (AvgIpc) is 3.65. The number of nitrogens with zero attached hydrogens (tertiary/aromatic N) is 2. The van der Waals surface area contributed by atoms with Crippen molar-refractivity contribution < 1.29 is 4.42 Å². The standard InChI is InChI=1S/C54H39BN2OS/c1-53(2)39-18-9-10-19-40(39)54(3,4)42-31-45-36(30-41(42)53)37-29-38-35-17-8-12-22-46(35)58-52(38)51-49(37)55(57(45)34-27-25-33(26-28-34)32-15-6-5-7-16-32)43-20-14-24-48-50(43)56(51)44-21-11-13-23-47(44)59-48/h5-31H,1-4H3. The smallest absolute Gasteiger partial charge is 0.333 e. The van der Waals surface area contributed by atoms with E-state index in [0.717, 1.165) is 27.6 Å². The lowest BCUT2D eigenvalue weighted by Gasteiger charge is -2.49. The molecule has 0 N–H and O–H groups in total. The van der Waals surface area contributed by atoms with Crippen molar-refractivity contribution in [3.05, 3.63) is 186 Å². The van der Waals surface area contributed by atoms with Crippen molar-refractivity contribution >= 4 is 79.9 Å². The number of anilines is 5. The van der Waals surface area contributed by atoms with Crippen LogP contribution in [0.25, 0.3) is 44.2 Å². The van der Waals surface area contributed by atoms with Crippen LogP contribution in [-0.4, -0.2) is 6.85 Å². The zero-order chi connectivity index (χ0) is 39.4. The number of hydrogen-bond donors (Lipinski definition) is 0. The first kappa shape index (κ1) is 33.5. The van der Waals surface area contributed by atoms with Crippen LogP contribution in [0.2, 0.25) is 0 Å². The molecule has 1 aliphatic carbocycles. The van der Waals surface area contributed by atoms with Crippen LogP contribution in [-0.2, 0) is 10.8 Å². The average molecular weight is 775 g/mol. The summed E-state index contributed by atoms with van der Waals surface area (Å²) in [6.45, 7) is 9.56. The summed E-state index contributed by atoms with van der Waals surface area (Å²) in [6.07, 6.45) is 0. The zero-order valence-corrected chi connectivity index (χ0v) is 34.2. The van der Waals surface area contributed by atoms with Crippen LogP contribution in [0.5, 0.6) is 0 Å². The Morgan fingerprint density at radius 1 is 0.508 bits per heavy atom. The highest BCUT2D eigenvalue weighted by molar-refractivity contribution is 7.99. The number of furan rings is 1. The van der Waals surface area contributed by atoms with Gasteiger partial charge in [0.05, 0.1) is 17.1 Å². The van der Waals surface area contributed by atoms with Gasteiger partial charge in [-0.15, -0.1) is 0 Å². The molecule has 0 fully saturated rings. The van der Waals surface area contributed by atoms with Crippen LogP contribution in [0, 0.1) is 0 Å². The van der Waals surface area contributed by atoms with Crippen LogP contribution in [0.4, 0.5) is 28.4 Å². The summed E-state index contributed by atoms with van der Waals surface area (Å²) < 4.78 is 7.07. The van der Waals surface area contributed by atoms with Gasteiger partial charge in [-0.05, 0) is 104 Å². The minimum absolute atomic E-state index is 0.116. The van der Waals surface area contributed by atoms with Crippen LogP contribution >= 0.6 is 11.8 Å². The number of para-hydroxylation sites is 3. The molecule has 4 heterocycles. The van der Waals surface area contributed by atoms with Crippen LogP contribution in [0.3, 0.4) is 0 Å². The molecule has 1 aromatic heterocycles. The van der Waals surface area contributed by atoms with Gasteiger partial charge in [-0.1, -0.05) is 149 Å². The predicted octanol–water partition coefficient (Wildman–Crippen LogP) is 13.4. The highest BCUT2D eigenvalue weighted by Crippen LogP contribution is 2.58. The molecule has 3 nitrogen and oxygen atoms in total. The van der Waals surface area contributed by atoms with Gasteiger partial charge in [-0.2, -0.15) is 0 Å². The lowest BCUT2D eigenvalue weighted by atomic mass is 9.43. The third-order valence-electron chi connectivity index (χ3n) is 13.9. The normalized spacial score (nSPS) is 15.9. The molecule has 59 heavy (non-hydrogen) atoms. The Hall–Kier alpha value is -6.43. The van der Waals surface area contributed by atoms with E-state index in [1.165, 1.54) is 88.0 Å². The maximum Gasteiger partial charge on any atom is 0.333 e. The summed E-state index contributed by atoms with van der Waals surface area (Å²) in [5.74, 6) is 0. The van der Waals surface area contributed by atoms with Gasteiger partial charge in [0.1, 0.15) is 5.58 Å². The Balaban J connectivity index is 1.19. The highest BCUT2D eigenvalue weighted by atomic mass is 32.2. The van der Waals surface area contributed by atoms with E-state index in [4.69, 9.17) is 4.42 Å². The molecule has 13 rings (SSSR count). The SMILES string of the molecule is CC1(C)c2ccccc2C(C)(C)c2cc3c(cc21)-c1cc2c(oc4ccccc42)c2c1B(c1cccc4c1N2c1ccccc1S4)N3c1ccc(-c2ccccc2)cc1. The second-order valence-electron chi connectivity index (χ2n) is 17.7. The van der Waals surface area contributed by atoms with Crippen molar-refractivity contribution in [2.24, 2.45) is 0 Å². The fraction of sp³-hybridized carbons (Fsp3) is 0.111. The van der Waals surface area contributed by atoms with E-state index in [9.17, 15) is 0 Å². The number of rotatable bonds is 2. The van der Waals surface area contributed by atoms with E-state index in [1.807, 2.05) is 11.8 Å². The topological polar surface area (TPSA) is 19.6 Å². The molecule has 0 bridgehead atoms. The largest absolute Gasteiger partial charge is 0.454 e. The van der Waals surface area contributed by atoms with Gasteiger partial charge in [0.15, 0.2) is 5.58 Å². The third-order valence-corrected chi connectivity index (χ3v) is 15.0. The molecule has 0 spiro atoms. The van der Waals surface area contributed by atoms with E-state index >= 15 is 0 Å². The van der Waals surface area contributed by atoms with E-state index in [-0.39, 0.29) is 17.7 Å². The Labute approximate surface area is 349 Å². The number of benzene rings is 8. The molecule has 5 heteroatoms. The summed E-state index contributed by atoms with van der Waals surface area (Å²) in [5, 5.41) is 2.30. The molecule has 280 valence electrons. The number of hydrogen-bond acceptors (Lipinski definition) is 4. The Kier molecular flexibility index (Phi) is 6.60. The first-order valence-corrected chi connectivity index (χ1v) is 21.5. The summed E-state index contributed by atoms with van der Waals surface area (Å²) in [4.78, 5) is 7.71. The zero-order valence-electron chi connectivity index (χ0n) is 33.4. The molecule has 0 amide bonds. The Morgan fingerprint density at radius 2 is 1.17 bits per heavy atom. The summed E-state index contributed by atoms with van der Waals surface area (Å²) in [6, 6.07) is 61.1. The van der Waals surface area contributed by atoms with Crippen molar-refractivity contribution in [2.45, 2.75) is 48.3 Å². The third kappa shape index (κ3) is 4.36. The van der Waals surface area contributed by atoms with Crippen molar-refractivity contribution in [3.8, 4) is 22.3 Å². The van der Waals surface area contributed by atoms with Crippen LogP contribution in [0.1, 0.15) is 49.9 Å². The summed E-state index contributed by atoms with van der Waals surface area (Å²) in [5.41, 5.74) is 20.6. The Bertz CT molecular complexity index is 3270. The molecule has 8 aromatic carbocycles. The molecule has 3 aliphatic heterocycles. The van der Waals surface area contributed by atoms with Gasteiger partial charge in [0, 0.05) is 48.3 Å². The first-order chi connectivity index (χ1) is 28.8. The lowest BCUT2D eigenvalue weighted by Crippen LogP contribution is -2.62. The lowest BCUT2D eigenvalue weighted by molar-refractivity contribution is 0.521. The van der Waals surface area contributed by atoms with E-state index in [0.29, 0.717) is 0 Å². The second-order valence-corrected chi connectivity index (χ2v) is 18.7. The van der Waals surface area contributed by atoms with Gasteiger partial charge in [-0.25, -0.2) is 0 Å². The maximum atomic E-state index is 7.07. The first-order valence-electron chi connectivity index (χ1n) is 20.7. The van der Waals surface area contributed by atoms with Crippen molar-refractivity contribution in [1.82, 2.24) is 0 Å². The molecule has 0 radical (unpaired) electrons. The summed E-state index contributed by atoms with van der Waals surface area (Å²) in [7, 11) is 0. The van der Waals surface area contributed by atoms with Gasteiger partial charge in [-0.3, -0.25) is 0 Å². The van der Waals surface area contributed by atoms with E-state index in [2.05, 4.69) is 201 Å². The van der Waals surface area contributed by atoms with E-state index < -0.39 is 0 Å². The molecular weight excluding hydrogens is 735 g/mol. The van der Waals surface area contributed by atoms with Crippen molar-refractivity contribution in [3.63, 3.8) is 0 Å². The van der Waals surface area contributed by atoms with Crippen molar-refractivity contribution in [2.75, 3.05) is 9.71 Å². The minimum atomic E-state index is -0.203. The quantitative estimate of drug-likeness (QED) is 0.163. The predicted molar refractivity (Wildman–Crippen MR) is 248 cm³/mol. The van der Waals surface area contributed by atoms with Gasteiger partial charge >= 0.3 is 6.85 Å². The fourth-order valence-corrected chi connectivity index (χ4v) is 12.2. The molecular formula is C54H39BN2OS. The Morgan fingerprint density at radius 3 is 1.97 bits per heavy atom. The van der Waals surface area contributed by atoms with Gasteiger partial charge < -0.3 is 14.1 Å². The molecule has 0 unspecified atom stereocenters. The van der Waals surface area contributed by atoms with Crippen molar-refractivity contribution in [1.29, 1.82) is 0 Å². The second kappa shape index (κ2) is 11.6. The monoisotopic (exact) mass is 774 g/mol. The molecule has 0 saturated heterocycles. The fourth-order valence-electron chi connectivity index (χ4n) is 11.1.